The quantitative estimate of drug-likeness (QED) is 0.900. The predicted octanol–water partition coefficient (Wildman–Crippen LogP) is 2.14. The molecule has 1 N–H and O–H groups in total. The van der Waals surface area contributed by atoms with Gasteiger partial charge in [-0.2, -0.15) is 0 Å². The highest BCUT2D eigenvalue weighted by atomic mass is 16.5. The molecule has 0 unspecified atom stereocenters. The van der Waals surface area contributed by atoms with E-state index in [0.717, 1.165) is 5.56 Å². The Bertz CT molecular complexity index is 584. The summed E-state index contributed by atoms with van der Waals surface area (Å²) in [6.07, 6.45) is 2.38. The Kier molecular flexibility index (Phi) is 5.19. The van der Waals surface area contributed by atoms with E-state index < -0.39 is 0 Å². The Hall–Kier alpha value is -1.88. The van der Waals surface area contributed by atoms with E-state index in [2.05, 4.69) is 5.32 Å². The van der Waals surface area contributed by atoms with Gasteiger partial charge in [0, 0.05) is 12.5 Å². The molecule has 24 heavy (non-hydrogen) atoms. The average molecular weight is 330 g/mol. The third kappa shape index (κ3) is 4.15. The molecule has 5 heteroatoms. The predicted molar refractivity (Wildman–Crippen MR) is 91.2 cm³/mol. The van der Waals surface area contributed by atoms with Crippen LogP contribution in [0.1, 0.15) is 38.4 Å². The smallest absolute Gasteiger partial charge is 0.242 e. The number of amides is 2. The molecule has 5 nitrogen and oxygen atoms in total. The zero-order valence-electron chi connectivity index (χ0n) is 14.4. The molecule has 1 aromatic rings. The van der Waals surface area contributed by atoms with Crippen molar-refractivity contribution in [1.29, 1.82) is 0 Å². The number of hydrogen-bond acceptors (Lipinski definition) is 3. The molecule has 0 spiro atoms. The standard InChI is InChI=1S/C19H26N2O3/c1-13(2)19(23)20-10-18(22)21-11-16(14-6-4-3-5-7-14)24-17(12-21)15-8-9-15/h3-7,13,15-17H,8-12H2,1-2H3,(H,20,23)/t16-,17+/m0/s1. The van der Waals surface area contributed by atoms with Crippen LogP contribution in [0.2, 0.25) is 0 Å². The van der Waals surface area contributed by atoms with E-state index in [9.17, 15) is 9.59 Å². The highest BCUT2D eigenvalue weighted by molar-refractivity contribution is 5.85. The maximum Gasteiger partial charge on any atom is 0.242 e. The monoisotopic (exact) mass is 330 g/mol. The zero-order chi connectivity index (χ0) is 17.1. The molecule has 2 fully saturated rings. The topological polar surface area (TPSA) is 58.6 Å². The minimum absolute atomic E-state index is 0.0288. The minimum atomic E-state index is -0.112. The van der Waals surface area contributed by atoms with Crippen molar-refractivity contribution in [2.75, 3.05) is 19.6 Å². The molecule has 1 saturated heterocycles. The van der Waals surface area contributed by atoms with Gasteiger partial charge in [0.15, 0.2) is 0 Å². The van der Waals surface area contributed by atoms with Crippen LogP contribution in [-0.4, -0.2) is 42.5 Å². The van der Waals surface area contributed by atoms with Gasteiger partial charge in [-0.1, -0.05) is 44.2 Å². The van der Waals surface area contributed by atoms with Crippen molar-refractivity contribution in [2.24, 2.45) is 11.8 Å². The zero-order valence-corrected chi connectivity index (χ0v) is 14.4. The van der Waals surface area contributed by atoms with Crippen LogP contribution in [0.4, 0.5) is 0 Å². The fourth-order valence-corrected chi connectivity index (χ4v) is 3.05. The summed E-state index contributed by atoms with van der Waals surface area (Å²) in [5.41, 5.74) is 1.10. The SMILES string of the molecule is CC(C)C(=O)NCC(=O)N1C[C@@H](c2ccccc2)O[C@@H](C2CC2)C1. The fraction of sp³-hybridized carbons (Fsp3) is 0.579. The summed E-state index contributed by atoms with van der Waals surface area (Å²) >= 11 is 0. The average Bonchev–Trinajstić information content (AvgIpc) is 3.44. The normalized spacial score (nSPS) is 24.0. The van der Waals surface area contributed by atoms with Crippen LogP contribution in [0.15, 0.2) is 30.3 Å². The van der Waals surface area contributed by atoms with Crippen molar-refractivity contribution >= 4 is 11.8 Å². The Balaban J connectivity index is 1.65. The van der Waals surface area contributed by atoms with Gasteiger partial charge in [0.25, 0.3) is 0 Å². The number of hydrogen-bond donors (Lipinski definition) is 1. The van der Waals surface area contributed by atoms with Gasteiger partial charge in [-0.25, -0.2) is 0 Å². The summed E-state index contributed by atoms with van der Waals surface area (Å²) in [4.78, 5) is 26.1. The van der Waals surface area contributed by atoms with Crippen LogP contribution in [0.3, 0.4) is 0 Å². The third-order valence-corrected chi connectivity index (χ3v) is 4.74. The molecule has 1 aliphatic carbocycles. The number of ether oxygens (including phenoxy) is 1. The lowest BCUT2D eigenvalue weighted by molar-refractivity contribution is -0.148. The molecule has 1 heterocycles. The molecule has 130 valence electrons. The Labute approximate surface area is 143 Å². The number of nitrogens with one attached hydrogen (secondary N) is 1. The maximum atomic E-state index is 12.5. The molecule has 2 aliphatic rings. The molecule has 3 rings (SSSR count). The molecule has 2 atom stereocenters. The number of carbonyl (C=O) groups excluding carboxylic acids is 2. The summed E-state index contributed by atoms with van der Waals surface area (Å²) in [7, 11) is 0. The lowest BCUT2D eigenvalue weighted by atomic mass is 10.0. The van der Waals surface area contributed by atoms with Gasteiger partial charge in [-0.05, 0) is 24.3 Å². The van der Waals surface area contributed by atoms with E-state index in [0.29, 0.717) is 19.0 Å². The van der Waals surface area contributed by atoms with Gasteiger partial charge < -0.3 is 15.0 Å². The van der Waals surface area contributed by atoms with E-state index in [1.54, 1.807) is 0 Å². The molecule has 1 aliphatic heterocycles. The van der Waals surface area contributed by atoms with Crippen LogP contribution in [-0.2, 0) is 14.3 Å². The van der Waals surface area contributed by atoms with Crippen LogP contribution in [0, 0.1) is 11.8 Å². The Morgan fingerprint density at radius 3 is 2.54 bits per heavy atom. The summed E-state index contributed by atoms with van der Waals surface area (Å²) in [5.74, 6) is 0.338. The van der Waals surface area contributed by atoms with E-state index in [-0.39, 0.29) is 36.5 Å². The first-order valence-corrected chi connectivity index (χ1v) is 8.80. The molecule has 1 aromatic carbocycles. The fourth-order valence-electron chi connectivity index (χ4n) is 3.05. The molecule has 0 bridgehead atoms. The summed E-state index contributed by atoms with van der Waals surface area (Å²) in [6.45, 7) is 4.89. The van der Waals surface area contributed by atoms with E-state index in [1.807, 2.05) is 49.1 Å². The largest absolute Gasteiger partial charge is 0.366 e. The second-order valence-corrected chi connectivity index (χ2v) is 7.08. The van der Waals surface area contributed by atoms with Crippen molar-refractivity contribution in [3.63, 3.8) is 0 Å². The van der Waals surface area contributed by atoms with Crippen LogP contribution in [0.5, 0.6) is 0 Å². The Morgan fingerprint density at radius 2 is 1.92 bits per heavy atom. The van der Waals surface area contributed by atoms with Crippen molar-refractivity contribution in [1.82, 2.24) is 10.2 Å². The Morgan fingerprint density at radius 1 is 1.21 bits per heavy atom. The lowest BCUT2D eigenvalue weighted by Crippen LogP contribution is -2.50. The first-order valence-electron chi connectivity index (χ1n) is 8.80. The van der Waals surface area contributed by atoms with Crippen molar-refractivity contribution in [3.05, 3.63) is 35.9 Å². The van der Waals surface area contributed by atoms with Crippen LogP contribution in [0.25, 0.3) is 0 Å². The molecule has 1 saturated carbocycles. The number of carbonyl (C=O) groups is 2. The highest BCUT2D eigenvalue weighted by Gasteiger charge is 2.40. The van der Waals surface area contributed by atoms with Crippen LogP contribution < -0.4 is 5.32 Å². The van der Waals surface area contributed by atoms with Crippen molar-refractivity contribution < 1.29 is 14.3 Å². The van der Waals surface area contributed by atoms with Gasteiger partial charge in [0.1, 0.15) is 6.10 Å². The van der Waals surface area contributed by atoms with Crippen molar-refractivity contribution in [3.8, 4) is 0 Å². The van der Waals surface area contributed by atoms with E-state index in [1.165, 1.54) is 12.8 Å². The second-order valence-electron chi connectivity index (χ2n) is 7.08. The van der Waals surface area contributed by atoms with E-state index >= 15 is 0 Å². The second kappa shape index (κ2) is 7.34. The van der Waals surface area contributed by atoms with Crippen molar-refractivity contribution in [2.45, 2.75) is 38.9 Å². The van der Waals surface area contributed by atoms with Gasteiger partial charge in [0.2, 0.25) is 11.8 Å². The third-order valence-electron chi connectivity index (χ3n) is 4.74. The van der Waals surface area contributed by atoms with E-state index in [4.69, 9.17) is 4.74 Å². The molecule has 0 aromatic heterocycles. The number of benzene rings is 1. The molecule has 2 amide bonds. The highest BCUT2D eigenvalue weighted by Crippen LogP contribution is 2.39. The first kappa shape index (κ1) is 17.0. The lowest BCUT2D eigenvalue weighted by Gasteiger charge is -2.38. The number of nitrogens with zero attached hydrogens (tertiary/aromatic N) is 1. The molecular formula is C19H26N2O3. The van der Waals surface area contributed by atoms with Gasteiger partial charge in [-0.3, -0.25) is 9.59 Å². The summed E-state index contributed by atoms with van der Waals surface area (Å²) in [6, 6.07) is 10.1. The summed E-state index contributed by atoms with van der Waals surface area (Å²) < 4.78 is 6.26. The number of morpholine rings is 1. The first-order chi connectivity index (χ1) is 11.5. The van der Waals surface area contributed by atoms with Gasteiger partial charge in [0.05, 0.1) is 19.2 Å². The maximum absolute atomic E-state index is 12.5. The molecule has 0 radical (unpaired) electrons. The number of rotatable bonds is 5. The minimum Gasteiger partial charge on any atom is -0.366 e. The van der Waals surface area contributed by atoms with Crippen LogP contribution >= 0.6 is 0 Å². The van der Waals surface area contributed by atoms with Gasteiger partial charge in [-0.15, -0.1) is 0 Å². The molecular weight excluding hydrogens is 304 g/mol. The summed E-state index contributed by atoms with van der Waals surface area (Å²) in [5, 5.41) is 2.72. The van der Waals surface area contributed by atoms with Gasteiger partial charge >= 0.3 is 0 Å².